The summed E-state index contributed by atoms with van der Waals surface area (Å²) in [7, 11) is 0. The molecule has 1 saturated carbocycles. The number of phenolic OH excluding ortho intramolecular Hbond substituents is 1. The zero-order valence-electron chi connectivity index (χ0n) is 11.5. The predicted octanol–water partition coefficient (Wildman–Crippen LogP) is 4.32. The van der Waals surface area contributed by atoms with Gasteiger partial charge in [0.05, 0.1) is 11.0 Å². The number of rotatable bonds is 3. The highest BCUT2D eigenvalue weighted by Crippen LogP contribution is 2.39. The van der Waals surface area contributed by atoms with E-state index in [1.165, 1.54) is 12.8 Å². The Labute approximate surface area is 127 Å². The van der Waals surface area contributed by atoms with E-state index in [-0.39, 0.29) is 0 Å². The summed E-state index contributed by atoms with van der Waals surface area (Å²) in [4.78, 5) is 4.77. The van der Waals surface area contributed by atoms with Crippen molar-refractivity contribution < 1.29 is 5.11 Å². The van der Waals surface area contributed by atoms with Crippen LogP contribution in [0.3, 0.4) is 0 Å². The van der Waals surface area contributed by atoms with Gasteiger partial charge in [-0.1, -0.05) is 23.7 Å². The van der Waals surface area contributed by atoms with E-state index in [1.807, 2.05) is 24.3 Å². The smallest absolute Gasteiger partial charge is 0.115 e. The van der Waals surface area contributed by atoms with Crippen LogP contribution in [0.15, 0.2) is 42.5 Å². The molecule has 1 aromatic heterocycles. The van der Waals surface area contributed by atoms with Crippen LogP contribution in [-0.4, -0.2) is 14.7 Å². The minimum Gasteiger partial charge on any atom is -0.508 e. The Hall–Kier alpha value is -2.00. The molecule has 3 nitrogen and oxygen atoms in total. The molecule has 4 rings (SSSR count). The van der Waals surface area contributed by atoms with Gasteiger partial charge in [-0.15, -0.1) is 0 Å². The fourth-order valence-electron chi connectivity index (χ4n) is 2.78. The number of fused-ring (bicyclic) bond motifs is 1. The van der Waals surface area contributed by atoms with Gasteiger partial charge < -0.3 is 9.67 Å². The Kier molecular flexibility index (Phi) is 2.89. The van der Waals surface area contributed by atoms with Crippen LogP contribution in [0.4, 0.5) is 0 Å². The Morgan fingerprint density at radius 2 is 1.90 bits per heavy atom. The van der Waals surface area contributed by atoms with Crippen LogP contribution < -0.4 is 0 Å². The third-order valence-electron chi connectivity index (χ3n) is 3.94. The minimum absolute atomic E-state index is 0.293. The van der Waals surface area contributed by atoms with Gasteiger partial charge in [0.1, 0.15) is 11.6 Å². The Balaban J connectivity index is 1.79. The Bertz CT molecular complexity index is 804. The Morgan fingerprint density at radius 1 is 1.14 bits per heavy atom. The van der Waals surface area contributed by atoms with Gasteiger partial charge >= 0.3 is 0 Å². The van der Waals surface area contributed by atoms with Crippen molar-refractivity contribution in [3.05, 3.63) is 58.9 Å². The highest BCUT2D eigenvalue weighted by atomic mass is 35.5. The molecule has 0 aliphatic heterocycles. The van der Waals surface area contributed by atoms with Gasteiger partial charge in [0.2, 0.25) is 0 Å². The van der Waals surface area contributed by atoms with Crippen LogP contribution in [0.1, 0.15) is 30.3 Å². The van der Waals surface area contributed by atoms with Crippen molar-refractivity contribution in [3.63, 3.8) is 0 Å². The number of benzene rings is 2. The van der Waals surface area contributed by atoms with Crippen LogP contribution in [0, 0.1) is 0 Å². The van der Waals surface area contributed by atoms with E-state index in [0.29, 0.717) is 11.8 Å². The maximum Gasteiger partial charge on any atom is 0.115 e. The van der Waals surface area contributed by atoms with Gasteiger partial charge in [0, 0.05) is 17.5 Å². The van der Waals surface area contributed by atoms with Gasteiger partial charge in [-0.3, -0.25) is 0 Å². The SMILES string of the molecule is Oc1ccc(Cc2nc3cc(Cl)ccc3n2C2CC2)cc1. The number of phenols is 1. The first kappa shape index (κ1) is 12.7. The van der Waals surface area contributed by atoms with Crippen molar-refractivity contribution in [1.29, 1.82) is 0 Å². The van der Waals surface area contributed by atoms with Gasteiger partial charge in [-0.25, -0.2) is 4.98 Å². The summed E-state index contributed by atoms with van der Waals surface area (Å²) < 4.78 is 2.35. The highest BCUT2D eigenvalue weighted by molar-refractivity contribution is 6.31. The Morgan fingerprint density at radius 3 is 2.62 bits per heavy atom. The summed E-state index contributed by atoms with van der Waals surface area (Å²) in [6.45, 7) is 0. The van der Waals surface area contributed by atoms with Crippen molar-refractivity contribution in [1.82, 2.24) is 9.55 Å². The molecule has 3 aromatic rings. The molecule has 2 aromatic carbocycles. The van der Waals surface area contributed by atoms with Gasteiger partial charge in [-0.05, 0) is 48.7 Å². The summed E-state index contributed by atoms with van der Waals surface area (Å²) in [5, 5.41) is 10.1. The van der Waals surface area contributed by atoms with E-state index in [2.05, 4.69) is 10.6 Å². The zero-order chi connectivity index (χ0) is 14.4. The molecule has 0 atom stereocenters. The van der Waals surface area contributed by atoms with Crippen LogP contribution in [0.25, 0.3) is 11.0 Å². The summed E-state index contributed by atoms with van der Waals surface area (Å²) in [6.07, 6.45) is 3.20. The molecular weight excluding hydrogens is 284 g/mol. The van der Waals surface area contributed by atoms with Crippen molar-refractivity contribution in [2.75, 3.05) is 0 Å². The lowest BCUT2D eigenvalue weighted by Gasteiger charge is -2.08. The second kappa shape index (κ2) is 4.78. The average Bonchev–Trinajstić information content (AvgIpc) is 3.23. The van der Waals surface area contributed by atoms with Crippen LogP contribution in [0.2, 0.25) is 5.02 Å². The van der Waals surface area contributed by atoms with E-state index >= 15 is 0 Å². The molecule has 21 heavy (non-hydrogen) atoms. The number of imidazole rings is 1. The van der Waals surface area contributed by atoms with Crippen LogP contribution >= 0.6 is 11.6 Å². The summed E-state index contributed by atoms with van der Waals surface area (Å²) in [6, 6.07) is 13.8. The summed E-state index contributed by atoms with van der Waals surface area (Å²) >= 11 is 6.08. The molecule has 1 fully saturated rings. The van der Waals surface area contributed by atoms with Crippen molar-refractivity contribution in [3.8, 4) is 5.75 Å². The molecule has 1 N–H and O–H groups in total. The lowest BCUT2D eigenvalue weighted by Crippen LogP contribution is -2.02. The monoisotopic (exact) mass is 298 g/mol. The molecule has 0 radical (unpaired) electrons. The number of halogens is 1. The normalized spacial score (nSPS) is 14.7. The molecule has 0 bridgehead atoms. The van der Waals surface area contributed by atoms with Gasteiger partial charge in [0.25, 0.3) is 0 Å². The largest absolute Gasteiger partial charge is 0.508 e. The molecule has 0 spiro atoms. The maximum absolute atomic E-state index is 9.38. The second-order valence-electron chi connectivity index (χ2n) is 5.61. The number of aromatic nitrogens is 2. The first-order valence-corrected chi connectivity index (χ1v) is 7.53. The zero-order valence-corrected chi connectivity index (χ0v) is 12.2. The van der Waals surface area contributed by atoms with Crippen LogP contribution in [-0.2, 0) is 6.42 Å². The van der Waals surface area contributed by atoms with E-state index in [9.17, 15) is 5.11 Å². The fraction of sp³-hybridized carbons (Fsp3) is 0.235. The van der Waals surface area contributed by atoms with E-state index in [4.69, 9.17) is 16.6 Å². The molecule has 0 saturated heterocycles. The van der Waals surface area contributed by atoms with Crippen molar-refractivity contribution in [2.45, 2.75) is 25.3 Å². The lowest BCUT2D eigenvalue weighted by molar-refractivity contribution is 0.475. The molecule has 0 unspecified atom stereocenters. The molecule has 106 valence electrons. The predicted molar refractivity (Wildman–Crippen MR) is 83.9 cm³/mol. The molecule has 0 amide bonds. The topological polar surface area (TPSA) is 38.1 Å². The summed E-state index contributed by atoms with van der Waals surface area (Å²) in [5.74, 6) is 1.36. The van der Waals surface area contributed by atoms with E-state index in [0.717, 1.165) is 33.9 Å². The maximum atomic E-state index is 9.38. The number of hydrogen-bond donors (Lipinski definition) is 1. The standard InChI is InChI=1S/C17H15ClN2O/c18-12-3-8-16-15(10-12)19-17(20(16)13-4-5-13)9-11-1-6-14(21)7-2-11/h1-3,6-8,10,13,21H,4-5,9H2. The van der Waals surface area contributed by atoms with E-state index < -0.39 is 0 Å². The van der Waals surface area contributed by atoms with Crippen molar-refractivity contribution >= 4 is 22.6 Å². The number of aromatic hydroxyl groups is 1. The summed E-state index contributed by atoms with van der Waals surface area (Å²) in [5.41, 5.74) is 3.27. The molecular formula is C17H15ClN2O. The number of hydrogen-bond acceptors (Lipinski definition) is 2. The van der Waals surface area contributed by atoms with Gasteiger partial charge in [-0.2, -0.15) is 0 Å². The first-order valence-electron chi connectivity index (χ1n) is 7.15. The molecule has 1 heterocycles. The van der Waals surface area contributed by atoms with Gasteiger partial charge in [0.15, 0.2) is 0 Å². The van der Waals surface area contributed by atoms with Crippen LogP contribution in [0.5, 0.6) is 5.75 Å². The van der Waals surface area contributed by atoms with E-state index in [1.54, 1.807) is 12.1 Å². The molecule has 1 aliphatic carbocycles. The number of nitrogens with zero attached hydrogens (tertiary/aromatic N) is 2. The molecule has 4 heteroatoms. The average molecular weight is 299 g/mol. The third-order valence-corrected chi connectivity index (χ3v) is 4.17. The quantitative estimate of drug-likeness (QED) is 0.782. The highest BCUT2D eigenvalue weighted by Gasteiger charge is 2.28. The molecule has 1 aliphatic rings. The third kappa shape index (κ3) is 2.38. The lowest BCUT2D eigenvalue weighted by atomic mass is 10.1. The second-order valence-corrected chi connectivity index (χ2v) is 6.04. The minimum atomic E-state index is 0.293. The van der Waals surface area contributed by atoms with Crippen molar-refractivity contribution in [2.24, 2.45) is 0 Å². The first-order chi connectivity index (χ1) is 10.2. The fourth-order valence-corrected chi connectivity index (χ4v) is 2.95.